The number of carbonyl (C=O) groups excluding carboxylic acids is 1. The molecular weight excluding hydrogens is 236 g/mol. The Morgan fingerprint density at radius 1 is 1.26 bits per heavy atom. The van der Waals surface area contributed by atoms with Gasteiger partial charge in [-0.25, -0.2) is 0 Å². The van der Waals surface area contributed by atoms with Crippen molar-refractivity contribution in [2.24, 2.45) is 0 Å². The highest BCUT2D eigenvalue weighted by molar-refractivity contribution is 5.99. The number of ketones is 1. The molecule has 19 heavy (non-hydrogen) atoms. The molecule has 0 amide bonds. The minimum Gasteiger partial charge on any atom is -0.304 e. The average molecular weight is 260 g/mol. The molecule has 0 spiro atoms. The molecule has 104 valence electrons. The molecule has 2 unspecified atom stereocenters. The third kappa shape index (κ3) is 3.23. The maximum absolute atomic E-state index is 12.5. The molecule has 3 heteroatoms. The van der Waals surface area contributed by atoms with Gasteiger partial charge in [-0.1, -0.05) is 29.8 Å². The zero-order chi connectivity index (χ0) is 14.0. The molecule has 1 aliphatic heterocycles. The Kier molecular flexibility index (Phi) is 4.38. The highest BCUT2D eigenvalue weighted by Crippen LogP contribution is 2.16. The van der Waals surface area contributed by atoms with Gasteiger partial charge in [0.1, 0.15) is 0 Å². The SMILES string of the molecule is Cc1ccc(C(=O)C(C)N2CCN(C)CC2C)cc1. The van der Waals surface area contributed by atoms with Crippen LogP contribution in [0.4, 0.5) is 0 Å². The summed E-state index contributed by atoms with van der Waals surface area (Å²) >= 11 is 0. The largest absolute Gasteiger partial charge is 0.304 e. The quantitative estimate of drug-likeness (QED) is 0.778. The number of rotatable bonds is 3. The Morgan fingerprint density at radius 2 is 1.89 bits per heavy atom. The Balaban J connectivity index is 2.08. The molecule has 0 N–H and O–H groups in total. The highest BCUT2D eigenvalue weighted by Gasteiger charge is 2.29. The third-order valence-electron chi connectivity index (χ3n) is 4.09. The van der Waals surface area contributed by atoms with Crippen LogP contribution < -0.4 is 0 Å². The Hall–Kier alpha value is -1.19. The summed E-state index contributed by atoms with van der Waals surface area (Å²) in [6.07, 6.45) is 0. The van der Waals surface area contributed by atoms with Crippen molar-refractivity contribution < 1.29 is 4.79 Å². The van der Waals surface area contributed by atoms with Crippen molar-refractivity contribution in [2.75, 3.05) is 26.7 Å². The maximum Gasteiger partial charge on any atom is 0.179 e. The van der Waals surface area contributed by atoms with Crippen LogP contribution in [0, 0.1) is 6.92 Å². The van der Waals surface area contributed by atoms with Gasteiger partial charge in [-0.15, -0.1) is 0 Å². The number of hydrogen-bond donors (Lipinski definition) is 0. The van der Waals surface area contributed by atoms with E-state index >= 15 is 0 Å². The van der Waals surface area contributed by atoms with Gasteiger partial charge in [-0.3, -0.25) is 9.69 Å². The zero-order valence-electron chi connectivity index (χ0n) is 12.4. The molecule has 0 aliphatic carbocycles. The summed E-state index contributed by atoms with van der Waals surface area (Å²) < 4.78 is 0. The van der Waals surface area contributed by atoms with Gasteiger partial charge in [-0.05, 0) is 27.8 Å². The molecule has 2 rings (SSSR count). The number of likely N-dealkylation sites (N-methyl/N-ethyl adjacent to an activating group) is 1. The summed E-state index contributed by atoms with van der Waals surface area (Å²) in [4.78, 5) is 17.2. The first kappa shape index (κ1) is 14.2. The molecule has 3 nitrogen and oxygen atoms in total. The average Bonchev–Trinajstić information content (AvgIpc) is 2.38. The number of benzene rings is 1. The van der Waals surface area contributed by atoms with Gasteiger partial charge in [0.2, 0.25) is 0 Å². The normalized spacial score (nSPS) is 23.3. The molecule has 2 atom stereocenters. The molecule has 1 aromatic rings. The van der Waals surface area contributed by atoms with Crippen molar-refractivity contribution in [1.82, 2.24) is 9.80 Å². The molecule has 1 saturated heterocycles. The molecule has 0 aromatic heterocycles. The Bertz CT molecular complexity index is 441. The molecule has 1 fully saturated rings. The summed E-state index contributed by atoms with van der Waals surface area (Å²) in [5.41, 5.74) is 2.02. The molecule has 0 radical (unpaired) electrons. The van der Waals surface area contributed by atoms with Crippen LogP contribution in [-0.2, 0) is 0 Å². The fourth-order valence-corrected chi connectivity index (χ4v) is 2.84. The van der Waals surface area contributed by atoms with Gasteiger partial charge in [0.15, 0.2) is 5.78 Å². The first-order valence-corrected chi connectivity index (χ1v) is 7.04. The van der Waals surface area contributed by atoms with Crippen LogP contribution >= 0.6 is 0 Å². The van der Waals surface area contributed by atoms with E-state index in [1.54, 1.807) is 0 Å². The Morgan fingerprint density at radius 3 is 2.47 bits per heavy atom. The lowest BCUT2D eigenvalue weighted by atomic mass is 10.0. The van der Waals surface area contributed by atoms with E-state index in [-0.39, 0.29) is 11.8 Å². The lowest BCUT2D eigenvalue weighted by molar-refractivity contribution is 0.0536. The second-order valence-electron chi connectivity index (χ2n) is 5.76. The van der Waals surface area contributed by atoms with Crippen molar-refractivity contribution >= 4 is 5.78 Å². The van der Waals surface area contributed by atoms with Crippen LogP contribution in [0.5, 0.6) is 0 Å². The van der Waals surface area contributed by atoms with Gasteiger partial charge in [0.05, 0.1) is 6.04 Å². The highest BCUT2D eigenvalue weighted by atomic mass is 16.1. The van der Waals surface area contributed by atoms with Gasteiger partial charge in [0.25, 0.3) is 0 Å². The van der Waals surface area contributed by atoms with Crippen LogP contribution in [0.25, 0.3) is 0 Å². The van der Waals surface area contributed by atoms with Crippen LogP contribution in [0.1, 0.15) is 29.8 Å². The van der Waals surface area contributed by atoms with Crippen LogP contribution in [0.15, 0.2) is 24.3 Å². The van der Waals surface area contributed by atoms with E-state index in [2.05, 4.69) is 23.8 Å². The predicted molar refractivity (Wildman–Crippen MR) is 78.6 cm³/mol. The molecule has 0 saturated carbocycles. The number of hydrogen-bond acceptors (Lipinski definition) is 3. The molecular formula is C16H24N2O. The number of Topliss-reactive ketones (excluding diaryl/α,β-unsaturated/α-hetero) is 1. The topological polar surface area (TPSA) is 23.6 Å². The molecule has 0 bridgehead atoms. The van der Waals surface area contributed by atoms with E-state index in [1.807, 2.05) is 38.1 Å². The zero-order valence-corrected chi connectivity index (χ0v) is 12.4. The first-order valence-electron chi connectivity index (χ1n) is 7.04. The molecule has 1 aliphatic rings. The van der Waals surface area contributed by atoms with Crippen molar-refractivity contribution in [2.45, 2.75) is 32.9 Å². The van der Waals surface area contributed by atoms with Gasteiger partial charge < -0.3 is 4.90 Å². The number of nitrogens with zero attached hydrogens (tertiary/aromatic N) is 2. The van der Waals surface area contributed by atoms with Crippen LogP contribution in [-0.4, -0.2) is 54.3 Å². The van der Waals surface area contributed by atoms with Crippen molar-refractivity contribution in [1.29, 1.82) is 0 Å². The van der Waals surface area contributed by atoms with Gasteiger partial charge in [-0.2, -0.15) is 0 Å². The summed E-state index contributed by atoms with van der Waals surface area (Å²) in [5, 5.41) is 0. The van der Waals surface area contributed by atoms with E-state index in [0.29, 0.717) is 6.04 Å². The van der Waals surface area contributed by atoms with E-state index < -0.39 is 0 Å². The second-order valence-corrected chi connectivity index (χ2v) is 5.76. The van der Waals surface area contributed by atoms with E-state index in [1.165, 1.54) is 5.56 Å². The van der Waals surface area contributed by atoms with E-state index in [0.717, 1.165) is 25.2 Å². The smallest absolute Gasteiger partial charge is 0.179 e. The number of aryl methyl sites for hydroxylation is 1. The third-order valence-corrected chi connectivity index (χ3v) is 4.09. The molecule has 1 heterocycles. The molecule has 1 aromatic carbocycles. The number of piperazine rings is 1. The second kappa shape index (κ2) is 5.85. The first-order chi connectivity index (χ1) is 8.99. The summed E-state index contributed by atoms with van der Waals surface area (Å²) in [5.74, 6) is 0.233. The standard InChI is InChI=1S/C16H24N2O/c1-12-5-7-15(8-6-12)16(19)14(3)18-10-9-17(4)11-13(18)2/h5-8,13-14H,9-11H2,1-4H3. The fourth-order valence-electron chi connectivity index (χ4n) is 2.84. The monoisotopic (exact) mass is 260 g/mol. The fraction of sp³-hybridized carbons (Fsp3) is 0.562. The summed E-state index contributed by atoms with van der Waals surface area (Å²) in [6.45, 7) is 9.32. The lowest BCUT2D eigenvalue weighted by Crippen LogP contribution is -2.55. The number of carbonyl (C=O) groups is 1. The maximum atomic E-state index is 12.5. The van der Waals surface area contributed by atoms with E-state index in [9.17, 15) is 4.79 Å². The Labute approximate surface area is 116 Å². The van der Waals surface area contributed by atoms with Crippen molar-refractivity contribution in [3.05, 3.63) is 35.4 Å². The minimum absolute atomic E-state index is 0.0357. The van der Waals surface area contributed by atoms with Crippen molar-refractivity contribution in [3.63, 3.8) is 0 Å². The van der Waals surface area contributed by atoms with Crippen LogP contribution in [0.2, 0.25) is 0 Å². The summed E-state index contributed by atoms with van der Waals surface area (Å²) in [7, 11) is 2.14. The summed E-state index contributed by atoms with van der Waals surface area (Å²) in [6, 6.07) is 8.29. The van der Waals surface area contributed by atoms with Crippen molar-refractivity contribution in [3.8, 4) is 0 Å². The van der Waals surface area contributed by atoms with Crippen LogP contribution in [0.3, 0.4) is 0 Å². The lowest BCUT2D eigenvalue weighted by Gasteiger charge is -2.41. The minimum atomic E-state index is -0.0357. The predicted octanol–water partition coefficient (Wildman–Crippen LogP) is 2.20. The van der Waals surface area contributed by atoms with E-state index in [4.69, 9.17) is 0 Å². The van der Waals surface area contributed by atoms with Gasteiger partial charge in [0, 0.05) is 31.2 Å². The van der Waals surface area contributed by atoms with Gasteiger partial charge >= 0.3 is 0 Å².